The first-order valence-electron chi connectivity index (χ1n) is 4.53. The van der Waals surface area contributed by atoms with Crippen LogP contribution in [-0.4, -0.2) is 0 Å². The molecule has 15 heavy (non-hydrogen) atoms. The molecule has 1 aromatic rings. The quantitative estimate of drug-likeness (QED) is 0.800. The Balaban J connectivity index is 0.00000196. The lowest BCUT2D eigenvalue weighted by molar-refractivity contribution is 0.717. The second-order valence-electron chi connectivity index (χ2n) is 3.50. The lowest BCUT2D eigenvalue weighted by atomic mass is 10.00. The van der Waals surface area contributed by atoms with Crippen LogP contribution in [-0.2, 0) is 0 Å². The van der Waals surface area contributed by atoms with Crippen LogP contribution in [0.5, 0.6) is 0 Å². The summed E-state index contributed by atoms with van der Waals surface area (Å²) in [5, 5.41) is 8.72. The van der Waals surface area contributed by atoms with Crippen molar-refractivity contribution in [3.8, 4) is 6.07 Å². The summed E-state index contributed by atoms with van der Waals surface area (Å²) in [6, 6.07) is 9.44. The number of nitrogens with two attached hydrogens (primary N) is 1. The fourth-order valence-corrected chi connectivity index (χ4v) is 1.33. The van der Waals surface area contributed by atoms with Crippen LogP contribution in [0.3, 0.4) is 0 Å². The standard InChI is InChI=1S/C12H14N2.ClH/c1-9(2)6-12(14)11-5-3-4-10(7-11)8-13;/h3-5,7,12H,1,6,14H2,2H3;1H/t12-;/m1./s1. The molecule has 0 fully saturated rings. The Morgan fingerprint density at radius 3 is 2.80 bits per heavy atom. The SMILES string of the molecule is C=C(C)C[C@@H](N)c1cccc(C#N)c1.Cl. The Morgan fingerprint density at radius 2 is 2.27 bits per heavy atom. The Bertz CT molecular complexity index is 379. The maximum Gasteiger partial charge on any atom is 0.0991 e. The van der Waals surface area contributed by atoms with Crippen molar-refractivity contribution in [1.29, 1.82) is 5.26 Å². The van der Waals surface area contributed by atoms with Gasteiger partial charge < -0.3 is 5.73 Å². The molecule has 0 unspecified atom stereocenters. The molecule has 0 aliphatic heterocycles. The minimum absolute atomic E-state index is 0. The maximum atomic E-state index is 8.72. The molecule has 0 bridgehead atoms. The van der Waals surface area contributed by atoms with E-state index in [0.29, 0.717) is 5.56 Å². The van der Waals surface area contributed by atoms with Crippen molar-refractivity contribution >= 4 is 12.4 Å². The molecular formula is C12H15ClN2. The van der Waals surface area contributed by atoms with E-state index in [-0.39, 0.29) is 18.4 Å². The predicted molar refractivity (Wildman–Crippen MR) is 64.8 cm³/mol. The van der Waals surface area contributed by atoms with E-state index in [2.05, 4.69) is 12.6 Å². The molecule has 0 aliphatic carbocycles. The Hall–Kier alpha value is -1.30. The molecule has 80 valence electrons. The van der Waals surface area contributed by atoms with Crippen LogP contribution in [0, 0.1) is 11.3 Å². The predicted octanol–water partition coefficient (Wildman–Crippen LogP) is 2.95. The molecule has 2 N–H and O–H groups in total. The van der Waals surface area contributed by atoms with Crippen molar-refractivity contribution in [2.45, 2.75) is 19.4 Å². The third-order valence-corrected chi connectivity index (χ3v) is 2.01. The van der Waals surface area contributed by atoms with Crippen LogP contribution >= 0.6 is 12.4 Å². The number of hydrogen-bond acceptors (Lipinski definition) is 2. The van der Waals surface area contributed by atoms with Crippen molar-refractivity contribution < 1.29 is 0 Å². The lowest BCUT2D eigenvalue weighted by Crippen LogP contribution is -2.10. The van der Waals surface area contributed by atoms with E-state index in [1.807, 2.05) is 25.1 Å². The number of hydrogen-bond donors (Lipinski definition) is 1. The molecule has 0 radical (unpaired) electrons. The summed E-state index contributed by atoms with van der Waals surface area (Å²) in [5.41, 5.74) is 8.65. The van der Waals surface area contributed by atoms with Crippen molar-refractivity contribution in [3.05, 3.63) is 47.5 Å². The highest BCUT2D eigenvalue weighted by molar-refractivity contribution is 5.85. The van der Waals surface area contributed by atoms with Crippen molar-refractivity contribution in [1.82, 2.24) is 0 Å². The van der Waals surface area contributed by atoms with Crippen molar-refractivity contribution in [3.63, 3.8) is 0 Å². The molecule has 0 saturated carbocycles. The molecule has 1 atom stereocenters. The average molecular weight is 223 g/mol. The molecule has 0 aliphatic rings. The van der Waals surface area contributed by atoms with Crippen LogP contribution in [0.4, 0.5) is 0 Å². The summed E-state index contributed by atoms with van der Waals surface area (Å²) in [6.45, 7) is 5.77. The number of halogens is 1. The van der Waals surface area contributed by atoms with Gasteiger partial charge in [0.25, 0.3) is 0 Å². The highest BCUT2D eigenvalue weighted by Gasteiger charge is 2.06. The first kappa shape index (κ1) is 13.7. The smallest absolute Gasteiger partial charge is 0.0991 e. The highest BCUT2D eigenvalue weighted by Crippen LogP contribution is 2.18. The molecule has 0 amide bonds. The van der Waals surface area contributed by atoms with Gasteiger partial charge in [0, 0.05) is 6.04 Å². The molecule has 2 nitrogen and oxygen atoms in total. The van der Waals surface area contributed by atoms with Gasteiger partial charge in [-0.15, -0.1) is 19.0 Å². The fourth-order valence-electron chi connectivity index (χ4n) is 1.33. The van der Waals surface area contributed by atoms with Crippen molar-refractivity contribution in [2.75, 3.05) is 0 Å². The van der Waals surface area contributed by atoms with E-state index in [9.17, 15) is 0 Å². The first-order chi connectivity index (χ1) is 6.63. The van der Waals surface area contributed by atoms with Gasteiger partial charge in [-0.25, -0.2) is 0 Å². The average Bonchev–Trinajstić information content (AvgIpc) is 2.17. The van der Waals surface area contributed by atoms with Gasteiger partial charge in [0.15, 0.2) is 0 Å². The van der Waals surface area contributed by atoms with Gasteiger partial charge >= 0.3 is 0 Å². The normalized spacial score (nSPS) is 11.0. The van der Waals surface area contributed by atoms with Crippen LogP contribution in [0.25, 0.3) is 0 Å². The summed E-state index contributed by atoms with van der Waals surface area (Å²) in [4.78, 5) is 0. The van der Waals surface area contributed by atoms with Gasteiger partial charge in [-0.05, 0) is 31.0 Å². The van der Waals surface area contributed by atoms with Gasteiger partial charge in [-0.3, -0.25) is 0 Å². The van der Waals surface area contributed by atoms with Gasteiger partial charge in [-0.2, -0.15) is 5.26 Å². The van der Waals surface area contributed by atoms with Crippen LogP contribution in [0.2, 0.25) is 0 Å². The molecular weight excluding hydrogens is 208 g/mol. The van der Waals surface area contributed by atoms with Crippen LogP contribution < -0.4 is 5.73 Å². The van der Waals surface area contributed by atoms with Crippen LogP contribution in [0.1, 0.15) is 30.5 Å². The van der Waals surface area contributed by atoms with E-state index >= 15 is 0 Å². The lowest BCUT2D eigenvalue weighted by Gasteiger charge is -2.11. The highest BCUT2D eigenvalue weighted by atomic mass is 35.5. The molecule has 0 spiro atoms. The van der Waals surface area contributed by atoms with Gasteiger partial charge in [0.2, 0.25) is 0 Å². The zero-order valence-electron chi connectivity index (χ0n) is 8.73. The number of nitriles is 1. The second kappa shape index (κ2) is 6.23. The van der Waals surface area contributed by atoms with E-state index < -0.39 is 0 Å². The fraction of sp³-hybridized carbons (Fsp3) is 0.250. The van der Waals surface area contributed by atoms with Crippen LogP contribution in [0.15, 0.2) is 36.4 Å². The summed E-state index contributed by atoms with van der Waals surface area (Å²) in [7, 11) is 0. The topological polar surface area (TPSA) is 49.8 Å². The third-order valence-electron chi connectivity index (χ3n) is 2.01. The minimum atomic E-state index is -0.0548. The largest absolute Gasteiger partial charge is 0.324 e. The number of benzene rings is 1. The minimum Gasteiger partial charge on any atom is -0.324 e. The van der Waals surface area contributed by atoms with E-state index in [1.165, 1.54) is 0 Å². The second-order valence-corrected chi connectivity index (χ2v) is 3.50. The molecule has 0 saturated heterocycles. The Kier molecular flexibility index (Phi) is 5.69. The number of rotatable bonds is 3. The summed E-state index contributed by atoms with van der Waals surface area (Å²) < 4.78 is 0. The zero-order chi connectivity index (χ0) is 10.6. The number of nitrogens with zero attached hydrogens (tertiary/aromatic N) is 1. The Labute approximate surface area is 96.8 Å². The molecule has 3 heteroatoms. The molecule has 1 aromatic carbocycles. The van der Waals surface area contributed by atoms with E-state index in [0.717, 1.165) is 17.6 Å². The van der Waals surface area contributed by atoms with Gasteiger partial charge in [0.1, 0.15) is 0 Å². The molecule has 1 rings (SSSR count). The Morgan fingerprint density at radius 1 is 1.60 bits per heavy atom. The van der Waals surface area contributed by atoms with Gasteiger partial charge in [0.05, 0.1) is 11.6 Å². The summed E-state index contributed by atoms with van der Waals surface area (Å²) in [6.07, 6.45) is 0.759. The van der Waals surface area contributed by atoms with E-state index in [1.54, 1.807) is 6.07 Å². The van der Waals surface area contributed by atoms with Gasteiger partial charge in [-0.1, -0.05) is 17.7 Å². The molecule has 0 aromatic heterocycles. The monoisotopic (exact) mass is 222 g/mol. The van der Waals surface area contributed by atoms with Crippen molar-refractivity contribution in [2.24, 2.45) is 5.73 Å². The third kappa shape index (κ3) is 4.16. The first-order valence-corrected chi connectivity index (χ1v) is 4.53. The molecule has 0 heterocycles. The summed E-state index contributed by atoms with van der Waals surface area (Å²) >= 11 is 0. The zero-order valence-corrected chi connectivity index (χ0v) is 9.55. The van der Waals surface area contributed by atoms with E-state index in [4.69, 9.17) is 11.0 Å². The maximum absolute atomic E-state index is 8.72. The summed E-state index contributed by atoms with van der Waals surface area (Å²) in [5.74, 6) is 0.